The van der Waals surface area contributed by atoms with E-state index in [0.29, 0.717) is 16.8 Å². The Hall–Kier alpha value is -2.66. The molecule has 0 aromatic heterocycles. The van der Waals surface area contributed by atoms with Crippen LogP contribution in [0.25, 0.3) is 0 Å². The van der Waals surface area contributed by atoms with E-state index in [1.54, 1.807) is 29.7 Å². The number of anilines is 1. The normalized spacial score (nSPS) is 10.1. The number of hydroxylamine groups is 1. The molecule has 5 heteroatoms. The first kappa shape index (κ1) is 15.7. The van der Waals surface area contributed by atoms with E-state index in [9.17, 15) is 9.59 Å². The Kier molecular flexibility index (Phi) is 5.27. The third-order valence-corrected chi connectivity index (χ3v) is 3.26. The van der Waals surface area contributed by atoms with Crippen molar-refractivity contribution in [3.63, 3.8) is 0 Å². The predicted octanol–water partition coefficient (Wildman–Crippen LogP) is 3.01. The van der Waals surface area contributed by atoms with Crippen molar-refractivity contribution in [1.29, 1.82) is 0 Å². The largest absolute Gasteiger partial charge is 0.322 e. The fraction of sp³-hybridized carbons (Fsp3) is 0.176. The number of nitrogens with one attached hydrogen (secondary N) is 2. The van der Waals surface area contributed by atoms with E-state index in [0.717, 1.165) is 12.8 Å². The van der Waals surface area contributed by atoms with Crippen molar-refractivity contribution in [3.8, 4) is 0 Å². The highest BCUT2D eigenvalue weighted by molar-refractivity contribution is 6.04. The maximum Gasteiger partial charge on any atom is 0.274 e. The summed E-state index contributed by atoms with van der Waals surface area (Å²) in [6.07, 6.45) is 2.07. The number of rotatable bonds is 5. The molecule has 2 amide bonds. The molecule has 0 bridgehead atoms. The van der Waals surface area contributed by atoms with Crippen molar-refractivity contribution in [2.45, 2.75) is 19.8 Å². The topological polar surface area (TPSA) is 78.4 Å². The van der Waals surface area contributed by atoms with E-state index in [-0.39, 0.29) is 5.91 Å². The first-order chi connectivity index (χ1) is 10.6. The van der Waals surface area contributed by atoms with Gasteiger partial charge in [0, 0.05) is 16.8 Å². The summed E-state index contributed by atoms with van der Waals surface area (Å²) in [6, 6.07) is 13.8. The van der Waals surface area contributed by atoms with Crippen LogP contribution in [0.2, 0.25) is 0 Å². The lowest BCUT2D eigenvalue weighted by Gasteiger charge is -2.07. The second-order valence-corrected chi connectivity index (χ2v) is 4.92. The fourth-order valence-corrected chi connectivity index (χ4v) is 2.08. The summed E-state index contributed by atoms with van der Waals surface area (Å²) in [4.78, 5) is 23.3. The molecule has 22 heavy (non-hydrogen) atoms. The Morgan fingerprint density at radius 1 is 0.909 bits per heavy atom. The number of hydrogen-bond acceptors (Lipinski definition) is 3. The van der Waals surface area contributed by atoms with Crippen LogP contribution in [0.3, 0.4) is 0 Å². The van der Waals surface area contributed by atoms with Gasteiger partial charge in [0.1, 0.15) is 0 Å². The molecular weight excluding hydrogens is 280 g/mol. The van der Waals surface area contributed by atoms with E-state index < -0.39 is 5.91 Å². The zero-order chi connectivity index (χ0) is 15.9. The molecule has 0 aliphatic carbocycles. The van der Waals surface area contributed by atoms with E-state index in [4.69, 9.17) is 5.21 Å². The average Bonchev–Trinajstić information content (AvgIpc) is 2.55. The molecule has 0 saturated carbocycles. The highest BCUT2D eigenvalue weighted by Gasteiger charge is 2.07. The molecular formula is C17H18N2O3. The number of benzene rings is 2. The van der Waals surface area contributed by atoms with E-state index >= 15 is 0 Å². The van der Waals surface area contributed by atoms with Crippen molar-refractivity contribution in [2.75, 3.05) is 5.32 Å². The molecule has 0 aliphatic heterocycles. The predicted molar refractivity (Wildman–Crippen MR) is 84.1 cm³/mol. The molecule has 3 N–H and O–H groups in total. The van der Waals surface area contributed by atoms with Crippen molar-refractivity contribution < 1.29 is 14.8 Å². The number of hydrogen-bond donors (Lipinski definition) is 3. The maximum absolute atomic E-state index is 12.1. The second kappa shape index (κ2) is 7.38. The number of aryl methyl sites for hydroxylation is 1. The first-order valence-electron chi connectivity index (χ1n) is 7.09. The van der Waals surface area contributed by atoms with Gasteiger partial charge in [0.2, 0.25) is 0 Å². The maximum atomic E-state index is 12.1. The zero-order valence-electron chi connectivity index (χ0n) is 12.3. The molecule has 114 valence electrons. The van der Waals surface area contributed by atoms with Crippen LogP contribution in [0.4, 0.5) is 5.69 Å². The lowest BCUT2D eigenvalue weighted by Crippen LogP contribution is -2.18. The zero-order valence-corrected chi connectivity index (χ0v) is 12.3. The Balaban J connectivity index is 2.03. The van der Waals surface area contributed by atoms with Crippen molar-refractivity contribution in [1.82, 2.24) is 5.48 Å². The van der Waals surface area contributed by atoms with Gasteiger partial charge in [-0.25, -0.2) is 5.48 Å². The molecule has 2 aromatic rings. The summed E-state index contributed by atoms with van der Waals surface area (Å²) in [5.41, 5.74) is 4.23. The van der Waals surface area contributed by atoms with Gasteiger partial charge in [-0.05, 0) is 48.4 Å². The van der Waals surface area contributed by atoms with E-state index in [1.165, 1.54) is 17.7 Å². The molecule has 2 aromatic carbocycles. The van der Waals surface area contributed by atoms with E-state index in [2.05, 4.69) is 12.2 Å². The van der Waals surface area contributed by atoms with Gasteiger partial charge in [0.15, 0.2) is 0 Å². The van der Waals surface area contributed by atoms with Crippen LogP contribution in [-0.2, 0) is 6.42 Å². The molecule has 0 atom stereocenters. The molecule has 0 spiro atoms. The number of amides is 2. The average molecular weight is 298 g/mol. The quantitative estimate of drug-likeness (QED) is 0.586. The van der Waals surface area contributed by atoms with Gasteiger partial charge in [-0.3, -0.25) is 14.8 Å². The first-order valence-corrected chi connectivity index (χ1v) is 7.09. The molecule has 0 unspecified atom stereocenters. The Morgan fingerprint density at radius 2 is 1.45 bits per heavy atom. The molecule has 0 saturated heterocycles. The van der Waals surface area contributed by atoms with Crippen LogP contribution in [-0.4, -0.2) is 17.0 Å². The monoisotopic (exact) mass is 298 g/mol. The molecule has 0 aliphatic rings. The van der Waals surface area contributed by atoms with Gasteiger partial charge in [-0.2, -0.15) is 0 Å². The summed E-state index contributed by atoms with van der Waals surface area (Å²) in [5, 5.41) is 11.3. The minimum absolute atomic E-state index is 0.206. The summed E-state index contributed by atoms with van der Waals surface area (Å²) < 4.78 is 0. The van der Waals surface area contributed by atoms with Gasteiger partial charge >= 0.3 is 0 Å². The Labute approximate surface area is 128 Å². The lowest BCUT2D eigenvalue weighted by atomic mass is 10.1. The molecule has 0 radical (unpaired) electrons. The molecule has 5 nitrogen and oxygen atoms in total. The summed E-state index contributed by atoms with van der Waals surface area (Å²) in [7, 11) is 0. The highest BCUT2D eigenvalue weighted by atomic mass is 16.5. The van der Waals surface area contributed by atoms with Crippen LogP contribution < -0.4 is 10.8 Å². The highest BCUT2D eigenvalue weighted by Crippen LogP contribution is 2.12. The van der Waals surface area contributed by atoms with Gasteiger partial charge in [0.25, 0.3) is 11.8 Å². The standard InChI is InChI=1S/C17H18N2O3/c1-2-3-12-4-6-13(7-5-12)16(20)18-15-10-8-14(9-11-15)17(21)19-22/h4-11,22H,2-3H2,1H3,(H,18,20)(H,19,21). The SMILES string of the molecule is CCCc1ccc(C(=O)Nc2ccc(C(=O)NO)cc2)cc1. The third kappa shape index (κ3) is 3.93. The third-order valence-electron chi connectivity index (χ3n) is 3.26. The van der Waals surface area contributed by atoms with E-state index in [1.807, 2.05) is 12.1 Å². The summed E-state index contributed by atoms with van der Waals surface area (Å²) in [6.45, 7) is 2.11. The van der Waals surface area contributed by atoms with Crippen molar-refractivity contribution in [2.24, 2.45) is 0 Å². The second-order valence-electron chi connectivity index (χ2n) is 4.92. The summed E-state index contributed by atoms with van der Waals surface area (Å²) in [5.74, 6) is -0.799. The molecule has 0 fully saturated rings. The van der Waals surface area contributed by atoms with Crippen molar-refractivity contribution in [3.05, 3.63) is 65.2 Å². The number of carbonyl (C=O) groups is 2. The Morgan fingerprint density at radius 3 is 2.00 bits per heavy atom. The minimum Gasteiger partial charge on any atom is -0.322 e. The Bertz CT molecular complexity index is 649. The van der Waals surface area contributed by atoms with Crippen LogP contribution >= 0.6 is 0 Å². The summed E-state index contributed by atoms with van der Waals surface area (Å²) >= 11 is 0. The van der Waals surface area contributed by atoms with Crippen LogP contribution in [0.5, 0.6) is 0 Å². The minimum atomic E-state index is -0.593. The van der Waals surface area contributed by atoms with Crippen LogP contribution in [0.1, 0.15) is 39.6 Å². The van der Waals surface area contributed by atoms with Gasteiger partial charge in [0.05, 0.1) is 0 Å². The van der Waals surface area contributed by atoms with Crippen LogP contribution in [0.15, 0.2) is 48.5 Å². The number of carbonyl (C=O) groups excluding carboxylic acids is 2. The van der Waals surface area contributed by atoms with Gasteiger partial charge in [-0.1, -0.05) is 25.5 Å². The smallest absolute Gasteiger partial charge is 0.274 e. The lowest BCUT2D eigenvalue weighted by molar-refractivity contribution is 0.0706. The molecule has 0 heterocycles. The van der Waals surface area contributed by atoms with Gasteiger partial charge in [-0.15, -0.1) is 0 Å². The van der Waals surface area contributed by atoms with Gasteiger partial charge < -0.3 is 5.32 Å². The van der Waals surface area contributed by atoms with Crippen molar-refractivity contribution >= 4 is 17.5 Å². The van der Waals surface area contributed by atoms with Crippen LogP contribution in [0, 0.1) is 0 Å². The molecule has 2 rings (SSSR count). The fourth-order valence-electron chi connectivity index (χ4n) is 2.08.